The van der Waals surface area contributed by atoms with Crippen LogP contribution in [0.5, 0.6) is 5.75 Å². The number of carbonyl (C=O) groups is 6. The highest BCUT2D eigenvalue weighted by Gasteiger charge is 2.38. The first kappa shape index (κ1) is 26.5. The quantitative estimate of drug-likeness (QED) is 0.341. The number of Topliss-reactive ketones (excluding diaryl/α,β-unsaturated/α-hetero) is 1. The molecule has 3 rings (SSSR count). The van der Waals surface area contributed by atoms with Crippen LogP contribution in [0, 0.1) is 0 Å². The minimum Gasteiger partial charge on any atom is -0.463 e. The second-order valence-corrected chi connectivity index (χ2v) is 8.62. The highest BCUT2D eigenvalue weighted by atomic mass is 16.6. The van der Waals surface area contributed by atoms with Gasteiger partial charge in [-0.15, -0.1) is 0 Å². The molecule has 0 heterocycles. The Morgan fingerprint density at radius 3 is 1.86 bits per heavy atom. The lowest BCUT2D eigenvalue weighted by atomic mass is 9.77. The molecule has 0 aromatic heterocycles. The summed E-state index contributed by atoms with van der Waals surface area (Å²) in [6.45, 7) is 6.48. The molecule has 2 aromatic rings. The van der Waals surface area contributed by atoms with Gasteiger partial charge >= 0.3 is 17.9 Å². The average molecular weight is 494 g/mol. The fourth-order valence-corrected chi connectivity index (χ4v) is 4.38. The number of ether oxygens (including phenoxy) is 3. The van der Waals surface area contributed by atoms with E-state index in [1.807, 2.05) is 0 Å². The molecule has 0 amide bonds. The summed E-state index contributed by atoms with van der Waals surface area (Å²) in [5.41, 5.74) is 0.453. The van der Waals surface area contributed by atoms with Gasteiger partial charge in [-0.1, -0.05) is 24.3 Å². The molecule has 0 aliphatic heterocycles. The molecule has 0 radical (unpaired) electrons. The summed E-state index contributed by atoms with van der Waals surface area (Å²) in [6.07, 6.45) is -2.05. The van der Waals surface area contributed by atoms with Gasteiger partial charge in [-0.05, 0) is 25.5 Å². The Kier molecular flexibility index (Phi) is 7.82. The topological polar surface area (TPSA) is 130 Å². The molecule has 9 nitrogen and oxygen atoms in total. The first-order chi connectivity index (χ1) is 16.9. The maximum Gasteiger partial charge on any atom is 0.308 e. The number of benzene rings is 2. The Bertz CT molecular complexity index is 1290. The van der Waals surface area contributed by atoms with E-state index < -0.39 is 41.7 Å². The van der Waals surface area contributed by atoms with Crippen molar-refractivity contribution in [3.8, 4) is 5.75 Å². The smallest absolute Gasteiger partial charge is 0.308 e. The Labute approximate surface area is 207 Å². The van der Waals surface area contributed by atoms with Crippen molar-refractivity contribution in [2.75, 3.05) is 0 Å². The van der Waals surface area contributed by atoms with Gasteiger partial charge in [0.2, 0.25) is 0 Å². The lowest BCUT2D eigenvalue weighted by molar-refractivity contribution is -0.152. The predicted octanol–water partition coefficient (Wildman–Crippen LogP) is 3.46. The van der Waals surface area contributed by atoms with Gasteiger partial charge in [-0.2, -0.15) is 0 Å². The van der Waals surface area contributed by atoms with Crippen LogP contribution in [-0.2, 0) is 35.1 Å². The van der Waals surface area contributed by atoms with Gasteiger partial charge in [0.05, 0.1) is 5.56 Å². The van der Waals surface area contributed by atoms with Crippen LogP contribution in [0.25, 0.3) is 0 Å². The number of rotatable bonds is 8. The summed E-state index contributed by atoms with van der Waals surface area (Å²) in [6, 6.07) is 7.56. The van der Waals surface area contributed by atoms with E-state index in [1.165, 1.54) is 39.0 Å². The first-order valence-electron chi connectivity index (χ1n) is 11.3. The fourth-order valence-electron chi connectivity index (χ4n) is 4.38. The maximum absolute atomic E-state index is 13.7. The zero-order valence-electron chi connectivity index (χ0n) is 20.6. The molecular weight excluding hydrogens is 468 g/mol. The van der Waals surface area contributed by atoms with Crippen LogP contribution in [0.3, 0.4) is 0 Å². The number of ketones is 3. The van der Waals surface area contributed by atoms with Crippen molar-refractivity contribution in [1.82, 2.24) is 0 Å². The zero-order chi connectivity index (χ0) is 26.7. The van der Waals surface area contributed by atoms with E-state index in [2.05, 4.69) is 0 Å². The normalized spacial score (nSPS) is 13.7. The molecule has 0 spiro atoms. The van der Waals surface area contributed by atoms with Crippen molar-refractivity contribution in [3.05, 3.63) is 63.7 Å². The Morgan fingerprint density at radius 1 is 0.806 bits per heavy atom. The van der Waals surface area contributed by atoms with Crippen molar-refractivity contribution in [1.29, 1.82) is 0 Å². The Balaban J connectivity index is 2.35. The summed E-state index contributed by atoms with van der Waals surface area (Å²) < 4.78 is 16.1. The summed E-state index contributed by atoms with van der Waals surface area (Å²) in [5, 5.41) is 0. The van der Waals surface area contributed by atoms with E-state index in [4.69, 9.17) is 14.2 Å². The summed E-state index contributed by atoms with van der Waals surface area (Å²) in [7, 11) is 0. The minimum absolute atomic E-state index is 0.0128. The second-order valence-electron chi connectivity index (χ2n) is 8.62. The monoisotopic (exact) mass is 494 g/mol. The van der Waals surface area contributed by atoms with E-state index in [0.29, 0.717) is 0 Å². The predicted molar refractivity (Wildman–Crippen MR) is 126 cm³/mol. The molecule has 0 N–H and O–H groups in total. The molecule has 0 saturated carbocycles. The van der Waals surface area contributed by atoms with E-state index in [9.17, 15) is 28.8 Å². The van der Waals surface area contributed by atoms with E-state index in [1.54, 1.807) is 19.1 Å². The van der Waals surface area contributed by atoms with Crippen LogP contribution in [0.2, 0.25) is 0 Å². The van der Waals surface area contributed by atoms with Crippen molar-refractivity contribution in [3.63, 3.8) is 0 Å². The second kappa shape index (κ2) is 10.6. The summed E-state index contributed by atoms with van der Waals surface area (Å²) >= 11 is 0. The molecule has 2 aromatic carbocycles. The van der Waals surface area contributed by atoms with Gasteiger partial charge in [0, 0.05) is 55.9 Å². The minimum atomic E-state index is -1.08. The lowest BCUT2D eigenvalue weighted by Gasteiger charge is -2.28. The highest BCUT2D eigenvalue weighted by Crippen LogP contribution is 2.41. The number of hydrogen-bond donors (Lipinski definition) is 0. The number of fused-ring (bicyclic) bond motifs is 2. The summed E-state index contributed by atoms with van der Waals surface area (Å²) in [4.78, 5) is 74.8. The van der Waals surface area contributed by atoms with Gasteiger partial charge in [0.15, 0.2) is 11.6 Å². The molecule has 2 atom stereocenters. The molecule has 2 unspecified atom stereocenters. The van der Waals surface area contributed by atoms with Crippen LogP contribution in [0.1, 0.15) is 90.1 Å². The third kappa shape index (κ3) is 5.56. The molecule has 1 aliphatic carbocycles. The van der Waals surface area contributed by atoms with Gasteiger partial charge < -0.3 is 14.2 Å². The SMILES string of the molecule is CC(=O)Cc1c(C(CC(C)OC(C)=O)OC(C)=O)cc(OC(C)=O)c2c1C(=O)c1ccccc1C2=O. The van der Waals surface area contributed by atoms with E-state index in [0.717, 1.165) is 6.92 Å². The number of hydrogen-bond acceptors (Lipinski definition) is 9. The highest BCUT2D eigenvalue weighted by molar-refractivity contribution is 6.30. The van der Waals surface area contributed by atoms with Crippen LogP contribution in [0.15, 0.2) is 30.3 Å². The summed E-state index contributed by atoms with van der Waals surface area (Å²) in [5.74, 6) is -3.51. The molecule has 1 aliphatic rings. The average Bonchev–Trinajstić information content (AvgIpc) is 2.76. The molecule has 36 heavy (non-hydrogen) atoms. The van der Waals surface area contributed by atoms with E-state index >= 15 is 0 Å². The van der Waals surface area contributed by atoms with Crippen molar-refractivity contribution in [2.45, 2.75) is 59.7 Å². The van der Waals surface area contributed by atoms with Gasteiger partial charge in [0.25, 0.3) is 0 Å². The number of carbonyl (C=O) groups excluding carboxylic acids is 6. The van der Waals surface area contributed by atoms with Crippen LogP contribution < -0.4 is 4.74 Å². The van der Waals surface area contributed by atoms with Crippen molar-refractivity contribution >= 4 is 35.3 Å². The molecule has 0 saturated heterocycles. The maximum atomic E-state index is 13.7. The van der Waals surface area contributed by atoms with Crippen LogP contribution >= 0.6 is 0 Å². The van der Waals surface area contributed by atoms with Crippen LogP contribution in [0.4, 0.5) is 0 Å². The van der Waals surface area contributed by atoms with E-state index in [-0.39, 0.29) is 57.8 Å². The standard InChI is InChI=1S/C27H26O9/c1-13(28)10-21-20(22(35-16(4)30)11-14(2)34-15(3)29)12-23(36-17(5)31)25-24(21)26(32)18-8-6-7-9-19(18)27(25)33/h6-9,12,14,22H,10-11H2,1-5H3. The van der Waals surface area contributed by atoms with Crippen molar-refractivity contribution in [2.24, 2.45) is 0 Å². The largest absolute Gasteiger partial charge is 0.463 e. The Morgan fingerprint density at radius 2 is 1.36 bits per heavy atom. The molecule has 9 heteroatoms. The lowest BCUT2D eigenvalue weighted by Crippen LogP contribution is -2.27. The van der Waals surface area contributed by atoms with Gasteiger partial charge in [-0.25, -0.2) is 0 Å². The van der Waals surface area contributed by atoms with Gasteiger partial charge in [0.1, 0.15) is 23.7 Å². The number of esters is 3. The Hall–Kier alpha value is -4.14. The third-order valence-electron chi connectivity index (χ3n) is 5.55. The third-order valence-corrected chi connectivity index (χ3v) is 5.55. The zero-order valence-corrected chi connectivity index (χ0v) is 20.6. The first-order valence-corrected chi connectivity index (χ1v) is 11.3. The molecule has 188 valence electrons. The molecule has 0 bridgehead atoms. The van der Waals surface area contributed by atoms with Crippen molar-refractivity contribution < 1.29 is 43.0 Å². The van der Waals surface area contributed by atoms with Gasteiger partial charge in [-0.3, -0.25) is 28.8 Å². The molecule has 0 fully saturated rings. The fraction of sp³-hybridized carbons (Fsp3) is 0.333. The van der Waals surface area contributed by atoms with Crippen LogP contribution in [-0.4, -0.2) is 41.4 Å². The molecular formula is C27H26O9.